The normalized spacial score (nSPS) is 21.9. The van der Waals surface area contributed by atoms with E-state index >= 15 is 0 Å². The maximum absolute atomic E-state index is 6.02. The molecule has 2 aromatic rings. The first kappa shape index (κ1) is 23.1. The Morgan fingerprint density at radius 2 is 1.22 bits per heavy atom. The lowest BCUT2D eigenvalue weighted by Gasteiger charge is -2.29. The zero-order valence-electron chi connectivity index (χ0n) is 19.3. The van der Waals surface area contributed by atoms with Gasteiger partial charge in [-0.2, -0.15) is 0 Å². The van der Waals surface area contributed by atoms with Crippen LogP contribution in [-0.2, 0) is 15.9 Å². The number of benzene rings is 2. The fourth-order valence-electron chi connectivity index (χ4n) is 4.86. The standard InChI is InChI=1S/C28H38O4/c1-3-7-25(8-4-1)29-21-31-27-17-13-23(14-18-27)11-12-24-15-19-28(20-16-24)32-22-30-26-9-5-2-6-10-26/h1,3-4,7-8,13-14,17-18,24,26,28H,2,5-6,9-12,15-16,19-22H2. The molecule has 0 spiro atoms. The van der Waals surface area contributed by atoms with Gasteiger partial charge in [0.25, 0.3) is 0 Å². The summed E-state index contributed by atoms with van der Waals surface area (Å²) >= 11 is 0. The summed E-state index contributed by atoms with van der Waals surface area (Å²) in [4.78, 5) is 0. The van der Waals surface area contributed by atoms with Gasteiger partial charge in [-0.15, -0.1) is 0 Å². The minimum atomic E-state index is 0.223. The van der Waals surface area contributed by atoms with Crippen LogP contribution in [0.4, 0.5) is 0 Å². The lowest BCUT2D eigenvalue weighted by Crippen LogP contribution is -2.25. The molecule has 0 aromatic heterocycles. The molecule has 0 amide bonds. The second kappa shape index (κ2) is 12.9. The van der Waals surface area contributed by atoms with Crippen molar-refractivity contribution in [3.8, 4) is 11.5 Å². The quantitative estimate of drug-likeness (QED) is 0.357. The molecule has 32 heavy (non-hydrogen) atoms. The molecule has 0 N–H and O–H groups in total. The van der Waals surface area contributed by atoms with Crippen molar-refractivity contribution in [2.75, 3.05) is 13.6 Å². The SMILES string of the molecule is c1ccc(OCOc2ccc(CCC3CCC(OCOC4CCCCC4)CC3)cc2)cc1. The molecule has 0 unspecified atom stereocenters. The van der Waals surface area contributed by atoms with Gasteiger partial charge in [0.1, 0.15) is 18.3 Å². The van der Waals surface area contributed by atoms with E-state index in [1.54, 1.807) is 0 Å². The Morgan fingerprint density at radius 1 is 0.594 bits per heavy atom. The van der Waals surface area contributed by atoms with E-state index in [1.807, 2.05) is 42.5 Å². The Balaban J connectivity index is 1.07. The second-order valence-corrected chi connectivity index (χ2v) is 9.26. The highest BCUT2D eigenvalue weighted by atomic mass is 16.7. The summed E-state index contributed by atoms with van der Waals surface area (Å²) in [6.45, 7) is 0.713. The molecule has 4 nitrogen and oxygen atoms in total. The van der Waals surface area contributed by atoms with E-state index in [4.69, 9.17) is 18.9 Å². The monoisotopic (exact) mass is 438 g/mol. The van der Waals surface area contributed by atoms with Crippen LogP contribution in [0.3, 0.4) is 0 Å². The molecule has 174 valence electrons. The van der Waals surface area contributed by atoms with Crippen molar-refractivity contribution in [2.45, 2.75) is 82.8 Å². The Kier molecular flexibility index (Phi) is 9.29. The van der Waals surface area contributed by atoms with Gasteiger partial charge in [-0.1, -0.05) is 49.6 Å². The van der Waals surface area contributed by atoms with Crippen LogP contribution in [0.15, 0.2) is 54.6 Å². The summed E-state index contributed by atoms with van der Waals surface area (Å²) in [6.07, 6.45) is 14.5. The fraction of sp³-hybridized carbons (Fsp3) is 0.571. The van der Waals surface area contributed by atoms with Crippen molar-refractivity contribution in [1.82, 2.24) is 0 Å². The van der Waals surface area contributed by atoms with Crippen LogP contribution in [0.2, 0.25) is 0 Å². The van der Waals surface area contributed by atoms with Gasteiger partial charge in [0.15, 0.2) is 0 Å². The Hall–Kier alpha value is -2.04. The van der Waals surface area contributed by atoms with Gasteiger partial charge in [0.05, 0.1) is 12.2 Å². The van der Waals surface area contributed by atoms with Crippen molar-refractivity contribution >= 4 is 0 Å². The van der Waals surface area contributed by atoms with Crippen molar-refractivity contribution in [3.63, 3.8) is 0 Å². The van der Waals surface area contributed by atoms with Crippen molar-refractivity contribution < 1.29 is 18.9 Å². The number of hydrogen-bond acceptors (Lipinski definition) is 4. The molecule has 2 aliphatic rings. The molecule has 0 radical (unpaired) electrons. The van der Waals surface area contributed by atoms with Gasteiger partial charge in [-0.3, -0.25) is 0 Å². The van der Waals surface area contributed by atoms with E-state index in [9.17, 15) is 0 Å². The van der Waals surface area contributed by atoms with Crippen LogP contribution in [0.5, 0.6) is 11.5 Å². The Labute approximate surface area is 193 Å². The third-order valence-corrected chi connectivity index (χ3v) is 6.91. The van der Waals surface area contributed by atoms with E-state index in [0.29, 0.717) is 19.0 Å². The summed E-state index contributed by atoms with van der Waals surface area (Å²) < 4.78 is 23.2. The summed E-state index contributed by atoms with van der Waals surface area (Å²) in [6, 6.07) is 18.2. The largest absolute Gasteiger partial charge is 0.458 e. The number of rotatable bonds is 11. The number of hydrogen-bond donors (Lipinski definition) is 0. The smallest absolute Gasteiger partial charge is 0.230 e. The molecular formula is C28H38O4. The molecule has 0 heterocycles. The summed E-state index contributed by atoms with van der Waals surface area (Å²) in [5.74, 6) is 2.48. The predicted molar refractivity (Wildman–Crippen MR) is 127 cm³/mol. The van der Waals surface area contributed by atoms with Gasteiger partial charge in [0, 0.05) is 0 Å². The summed E-state index contributed by atoms with van der Waals surface area (Å²) in [7, 11) is 0. The minimum Gasteiger partial charge on any atom is -0.458 e. The lowest BCUT2D eigenvalue weighted by molar-refractivity contribution is -0.133. The molecule has 2 aromatic carbocycles. The van der Waals surface area contributed by atoms with Crippen LogP contribution in [-0.4, -0.2) is 25.8 Å². The van der Waals surface area contributed by atoms with Crippen molar-refractivity contribution in [1.29, 1.82) is 0 Å². The fourth-order valence-corrected chi connectivity index (χ4v) is 4.86. The highest BCUT2D eigenvalue weighted by molar-refractivity contribution is 5.27. The van der Waals surface area contributed by atoms with Gasteiger partial charge < -0.3 is 18.9 Å². The highest BCUT2D eigenvalue weighted by Crippen LogP contribution is 2.30. The van der Waals surface area contributed by atoms with Crippen LogP contribution in [0, 0.1) is 5.92 Å². The second-order valence-electron chi connectivity index (χ2n) is 9.26. The Bertz CT molecular complexity index is 747. The lowest BCUT2D eigenvalue weighted by atomic mass is 9.84. The number of ether oxygens (including phenoxy) is 4. The van der Waals surface area contributed by atoms with Crippen molar-refractivity contribution in [2.24, 2.45) is 5.92 Å². The highest BCUT2D eigenvalue weighted by Gasteiger charge is 2.22. The summed E-state index contributed by atoms with van der Waals surface area (Å²) in [5, 5.41) is 0. The van der Waals surface area contributed by atoms with Gasteiger partial charge >= 0.3 is 0 Å². The first-order chi connectivity index (χ1) is 15.8. The Morgan fingerprint density at radius 3 is 1.91 bits per heavy atom. The average Bonchev–Trinajstić information content (AvgIpc) is 2.86. The van der Waals surface area contributed by atoms with E-state index in [2.05, 4.69) is 12.1 Å². The molecular weight excluding hydrogens is 400 g/mol. The molecule has 4 heteroatoms. The van der Waals surface area contributed by atoms with Crippen LogP contribution < -0.4 is 9.47 Å². The zero-order chi connectivity index (χ0) is 21.8. The molecule has 2 saturated carbocycles. The minimum absolute atomic E-state index is 0.223. The molecule has 4 rings (SSSR count). The van der Waals surface area contributed by atoms with E-state index in [-0.39, 0.29) is 6.79 Å². The van der Waals surface area contributed by atoms with Gasteiger partial charge in [-0.05, 0) is 87.1 Å². The van der Waals surface area contributed by atoms with Crippen LogP contribution in [0.1, 0.15) is 69.8 Å². The topological polar surface area (TPSA) is 36.9 Å². The molecule has 0 atom stereocenters. The van der Waals surface area contributed by atoms with E-state index in [1.165, 1.54) is 69.8 Å². The summed E-state index contributed by atoms with van der Waals surface area (Å²) in [5.41, 5.74) is 1.38. The molecule has 0 aliphatic heterocycles. The van der Waals surface area contributed by atoms with E-state index < -0.39 is 0 Å². The molecule has 0 saturated heterocycles. The average molecular weight is 439 g/mol. The maximum Gasteiger partial charge on any atom is 0.230 e. The predicted octanol–water partition coefficient (Wildman–Crippen LogP) is 6.92. The van der Waals surface area contributed by atoms with Crippen LogP contribution in [0.25, 0.3) is 0 Å². The van der Waals surface area contributed by atoms with Gasteiger partial charge in [-0.25, -0.2) is 0 Å². The zero-order valence-corrected chi connectivity index (χ0v) is 19.3. The van der Waals surface area contributed by atoms with Crippen LogP contribution >= 0.6 is 0 Å². The maximum atomic E-state index is 6.02. The van der Waals surface area contributed by atoms with E-state index in [0.717, 1.165) is 23.8 Å². The number of aryl methyl sites for hydroxylation is 1. The molecule has 0 bridgehead atoms. The molecule has 2 fully saturated rings. The number of para-hydroxylation sites is 1. The van der Waals surface area contributed by atoms with Gasteiger partial charge in [0.2, 0.25) is 6.79 Å². The molecule has 2 aliphatic carbocycles. The first-order valence-corrected chi connectivity index (χ1v) is 12.5. The van der Waals surface area contributed by atoms with Crippen molar-refractivity contribution in [3.05, 3.63) is 60.2 Å². The third-order valence-electron chi connectivity index (χ3n) is 6.91. The third kappa shape index (κ3) is 7.83. The first-order valence-electron chi connectivity index (χ1n) is 12.5.